The monoisotopic (exact) mass is 405 g/mol. The third kappa shape index (κ3) is 4.33. The molecule has 3 aromatic rings. The van der Waals surface area contributed by atoms with Gasteiger partial charge in [0.05, 0.1) is 0 Å². The maximum absolute atomic E-state index is 12.5. The zero-order chi connectivity index (χ0) is 20.2. The summed E-state index contributed by atoms with van der Waals surface area (Å²) in [6.45, 7) is 2.90. The zero-order valence-corrected chi connectivity index (χ0v) is 17.2. The van der Waals surface area contributed by atoms with E-state index < -0.39 is 0 Å². The molecule has 1 aliphatic rings. The van der Waals surface area contributed by atoms with E-state index in [2.05, 4.69) is 40.0 Å². The average Bonchev–Trinajstić information content (AvgIpc) is 3.16. The van der Waals surface area contributed by atoms with Gasteiger partial charge in [0.2, 0.25) is 0 Å². The van der Waals surface area contributed by atoms with E-state index in [1.807, 2.05) is 30.3 Å². The molecule has 0 atom stereocenters. The third-order valence-electron chi connectivity index (χ3n) is 5.01. The Hall–Kier alpha value is -2.70. The van der Waals surface area contributed by atoms with Crippen molar-refractivity contribution in [2.75, 3.05) is 18.1 Å². The van der Waals surface area contributed by atoms with Gasteiger partial charge >= 0.3 is 0 Å². The van der Waals surface area contributed by atoms with Crippen molar-refractivity contribution >= 4 is 29.1 Å². The third-order valence-corrected chi connectivity index (χ3v) is 5.93. The number of nitrogens with zero attached hydrogens (tertiary/aromatic N) is 3. The van der Waals surface area contributed by atoms with Crippen molar-refractivity contribution in [1.82, 2.24) is 9.97 Å². The van der Waals surface area contributed by atoms with Gasteiger partial charge in [-0.1, -0.05) is 41.6 Å². The van der Waals surface area contributed by atoms with E-state index in [-0.39, 0.29) is 12.4 Å². The normalized spacial score (nSPS) is 12.8. The molecule has 6 heteroatoms. The van der Waals surface area contributed by atoms with Crippen molar-refractivity contribution in [2.24, 2.45) is 0 Å². The Kier molecular flexibility index (Phi) is 5.92. The second-order valence-corrected chi connectivity index (χ2v) is 8.18. The molecule has 0 fully saturated rings. The highest BCUT2D eigenvalue weighted by Gasteiger charge is 2.26. The van der Waals surface area contributed by atoms with Crippen LogP contribution >= 0.6 is 11.8 Å². The maximum atomic E-state index is 12.5. The van der Waals surface area contributed by atoms with Crippen LogP contribution in [0.5, 0.6) is 0 Å². The molecule has 1 N–H and O–H groups in total. The van der Waals surface area contributed by atoms with Crippen molar-refractivity contribution in [3.63, 3.8) is 0 Å². The molecule has 0 saturated carbocycles. The summed E-state index contributed by atoms with van der Waals surface area (Å²) in [6, 6.07) is 16.2. The summed E-state index contributed by atoms with van der Waals surface area (Å²) in [5.74, 6) is 0.935. The SMILES string of the molecule is Cc1cccc(Sc2cc(N3CCc4c(C(=O)CCCO)cccc43)ncn2)c1. The van der Waals surface area contributed by atoms with Crippen LogP contribution in [0.3, 0.4) is 0 Å². The lowest BCUT2D eigenvalue weighted by atomic mass is 9.99. The Morgan fingerprint density at radius 2 is 2.03 bits per heavy atom. The first-order chi connectivity index (χ1) is 14.2. The summed E-state index contributed by atoms with van der Waals surface area (Å²) >= 11 is 1.62. The minimum absolute atomic E-state index is 0.0369. The van der Waals surface area contributed by atoms with Crippen LogP contribution in [0.1, 0.15) is 34.3 Å². The van der Waals surface area contributed by atoms with E-state index in [9.17, 15) is 4.79 Å². The smallest absolute Gasteiger partial charge is 0.163 e. The summed E-state index contributed by atoms with van der Waals surface area (Å²) in [6.07, 6.45) is 3.28. The van der Waals surface area contributed by atoms with Gasteiger partial charge < -0.3 is 10.0 Å². The quantitative estimate of drug-likeness (QED) is 0.458. The number of carbonyl (C=O) groups excluding carboxylic acids is 1. The number of carbonyl (C=O) groups is 1. The fourth-order valence-electron chi connectivity index (χ4n) is 3.64. The average molecular weight is 406 g/mol. The Morgan fingerprint density at radius 1 is 1.17 bits per heavy atom. The van der Waals surface area contributed by atoms with E-state index in [4.69, 9.17) is 5.11 Å². The molecule has 0 unspecified atom stereocenters. The molecule has 148 valence electrons. The van der Waals surface area contributed by atoms with Crippen LogP contribution in [0.2, 0.25) is 0 Å². The van der Waals surface area contributed by atoms with E-state index in [0.717, 1.165) is 45.5 Å². The van der Waals surface area contributed by atoms with E-state index >= 15 is 0 Å². The number of Topliss-reactive ketones (excluding diaryl/α,β-unsaturated/α-hetero) is 1. The van der Waals surface area contributed by atoms with Crippen LogP contribution < -0.4 is 4.90 Å². The topological polar surface area (TPSA) is 66.3 Å². The summed E-state index contributed by atoms with van der Waals surface area (Å²) in [7, 11) is 0. The lowest BCUT2D eigenvalue weighted by Gasteiger charge is -2.19. The molecule has 0 saturated heterocycles. The predicted octanol–water partition coefficient (Wildman–Crippen LogP) is 4.59. The van der Waals surface area contributed by atoms with Crippen LogP contribution in [0.15, 0.2) is 64.8 Å². The molecule has 1 aliphatic heterocycles. The number of hydrogen-bond acceptors (Lipinski definition) is 6. The molecule has 4 rings (SSSR count). The van der Waals surface area contributed by atoms with Crippen molar-refractivity contribution in [2.45, 2.75) is 36.1 Å². The van der Waals surface area contributed by atoms with Crippen molar-refractivity contribution in [3.8, 4) is 0 Å². The van der Waals surface area contributed by atoms with E-state index in [1.54, 1.807) is 18.1 Å². The van der Waals surface area contributed by atoms with Gasteiger partial charge in [0.1, 0.15) is 17.2 Å². The number of hydrogen-bond donors (Lipinski definition) is 1. The van der Waals surface area contributed by atoms with Crippen molar-refractivity contribution in [3.05, 3.63) is 71.5 Å². The summed E-state index contributed by atoms with van der Waals surface area (Å²) in [5.41, 5.74) is 4.09. The number of rotatable bonds is 7. The molecule has 2 heterocycles. The molecule has 5 nitrogen and oxygen atoms in total. The number of aliphatic hydroxyl groups excluding tert-OH is 1. The highest BCUT2D eigenvalue weighted by molar-refractivity contribution is 7.99. The number of anilines is 2. The van der Waals surface area contributed by atoms with Crippen LogP contribution in [-0.4, -0.2) is 34.0 Å². The van der Waals surface area contributed by atoms with Gasteiger partial charge in [0.25, 0.3) is 0 Å². The molecular formula is C23H23N3O2S. The largest absolute Gasteiger partial charge is 0.396 e. The molecular weight excluding hydrogens is 382 g/mol. The van der Waals surface area contributed by atoms with Crippen LogP contribution in [0.4, 0.5) is 11.5 Å². The number of aromatic nitrogens is 2. The number of benzene rings is 2. The fraction of sp³-hybridized carbons (Fsp3) is 0.261. The summed E-state index contributed by atoms with van der Waals surface area (Å²) in [5, 5.41) is 9.91. The minimum atomic E-state index is 0.0369. The first-order valence-corrected chi connectivity index (χ1v) is 10.6. The minimum Gasteiger partial charge on any atom is -0.396 e. The van der Waals surface area contributed by atoms with Crippen molar-refractivity contribution < 1.29 is 9.90 Å². The van der Waals surface area contributed by atoms with Crippen LogP contribution in [0.25, 0.3) is 0 Å². The molecule has 29 heavy (non-hydrogen) atoms. The van der Waals surface area contributed by atoms with E-state index in [0.29, 0.717) is 12.8 Å². The highest BCUT2D eigenvalue weighted by atomic mass is 32.2. The lowest BCUT2D eigenvalue weighted by Crippen LogP contribution is -2.15. The second kappa shape index (κ2) is 8.76. The Morgan fingerprint density at radius 3 is 2.86 bits per heavy atom. The number of ketones is 1. The van der Waals surface area contributed by atoms with Gasteiger partial charge in [0.15, 0.2) is 5.78 Å². The van der Waals surface area contributed by atoms with Crippen LogP contribution in [-0.2, 0) is 6.42 Å². The van der Waals surface area contributed by atoms with Crippen LogP contribution in [0, 0.1) is 6.92 Å². The molecule has 2 aromatic carbocycles. The Labute approximate surface area is 174 Å². The van der Waals surface area contributed by atoms with E-state index in [1.165, 1.54) is 5.56 Å². The van der Waals surface area contributed by atoms with Gasteiger partial charge in [-0.15, -0.1) is 0 Å². The second-order valence-electron chi connectivity index (χ2n) is 7.09. The molecule has 0 radical (unpaired) electrons. The standard InChI is InChI=1S/C23H23N3O2S/c1-16-5-2-6-17(13-16)29-23-14-22(24-15-25-23)26-11-10-18-19(7-3-8-20(18)26)21(28)9-4-12-27/h2-3,5-8,13-15,27H,4,9-12H2,1H3. The fourth-order valence-corrected chi connectivity index (χ4v) is 4.54. The first kappa shape index (κ1) is 19.6. The van der Waals surface area contributed by atoms with Gasteiger partial charge in [0, 0.05) is 41.8 Å². The maximum Gasteiger partial charge on any atom is 0.163 e. The molecule has 0 aliphatic carbocycles. The lowest BCUT2D eigenvalue weighted by molar-refractivity contribution is 0.0970. The molecule has 1 aromatic heterocycles. The molecule has 0 amide bonds. The van der Waals surface area contributed by atoms with Crippen molar-refractivity contribution in [1.29, 1.82) is 0 Å². The highest BCUT2D eigenvalue weighted by Crippen LogP contribution is 2.37. The van der Waals surface area contributed by atoms with Gasteiger partial charge in [-0.05, 0) is 43.5 Å². The summed E-state index contributed by atoms with van der Waals surface area (Å²) < 4.78 is 0. The van der Waals surface area contributed by atoms with Gasteiger partial charge in [-0.2, -0.15) is 0 Å². The van der Waals surface area contributed by atoms with Gasteiger partial charge in [-0.25, -0.2) is 9.97 Å². The predicted molar refractivity (Wildman–Crippen MR) is 115 cm³/mol. The summed E-state index contributed by atoms with van der Waals surface area (Å²) in [4.78, 5) is 24.7. The van der Waals surface area contributed by atoms with Gasteiger partial charge in [-0.3, -0.25) is 4.79 Å². The Balaban J connectivity index is 1.59. The number of aryl methyl sites for hydroxylation is 1. The Bertz CT molecular complexity index is 1040. The number of fused-ring (bicyclic) bond motifs is 1. The molecule has 0 bridgehead atoms. The molecule has 0 spiro atoms. The zero-order valence-electron chi connectivity index (χ0n) is 16.3. The number of aliphatic hydroxyl groups is 1. The first-order valence-electron chi connectivity index (χ1n) is 9.76.